The van der Waals surface area contributed by atoms with Gasteiger partial charge in [0.2, 0.25) is 0 Å². The standard InChI is InChI=1S/C14H24N2S/c1-4-9-15-11-7-6-8-12-13(11)16-14(17-12)10(3)5-2/h10-11,15H,4-9H2,1-3H3. The molecule has 2 atom stereocenters. The van der Waals surface area contributed by atoms with Gasteiger partial charge < -0.3 is 5.32 Å². The summed E-state index contributed by atoms with van der Waals surface area (Å²) in [5.74, 6) is 0.623. The molecule has 96 valence electrons. The Hall–Kier alpha value is -0.410. The number of aryl methyl sites for hydroxylation is 1. The van der Waals surface area contributed by atoms with Crippen molar-refractivity contribution in [3.63, 3.8) is 0 Å². The van der Waals surface area contributed by atoms with Crippen LogP contribution in [-0.4, -0.2) is 11.5 Å². The Labute approximate surface area is 109 Å². The molecule has 1 heterocycles. The molecular weight excluding hydrogens is 228 g/mol. The maximum Gasteiger partial charge on any atom is 0.0959 e. The molecule has 0 amide bonds. The molecule has 0 fully saturated rings. The van der Waals surface area contributed by atoms with Crippen molar-refractivity contribution in [1.29, 1.82) is 0 Å². The SMILES string of the molecule is CCCNC1CCCc2sc(C(C)CC)nc21. The van der Waals surface area contributed by atoms with Crippen molar-refractivity contribution in [1.82, 2.24) is 10.3 Å². The summed E-state index contributed by atoms with van der Waals surface area (Å²) in [5.41, 5.74) is 1.37. The van der Waals surface area contributed by atoms with Crippen LogP contribution in [0.15, 0.2) is 0 Å². The van der Waals surface area contributed by atoms with Gasteiger partial charge in [-0.15, -0.1) is 11.3 Å². The molecule has 0 spiro atoms. The fourth-order valence-corrected chi connectivity index (χ4v) is 3.64. The summed E-state index contributed by atoms with van der Waals surface area (Å²) in [7, 11) is 0. The van der Waals surface area contributed by atoms with E-state index in [2.05, 4.69) is 26.1 Å². The average Bonchev–Trinajstić information content (AvgIpc) is 2.79. The summed E-state index contributed by atoms with van der Waals surface area (Å²) in [6.45, 7) is 7.87. The van der Waals surface area contributed by atoms with E-state index >= 15 is 0 Å². The first-order chi connectivity index (χ1) is 8.26. The molecule has 1 aromatic rings. The van der Waals surface area contributed by atoms with E-state index in [1.807, 2.05) is 11.3 Å². The first-order valence-electron chi connectivity index (χ1n) is 6.99. The van der Waals surface area contributed by atoms with Crippen LogP contribution in [-0.2, 0) is 6.42 Å². The summed E-state index contributed by atoms with van der Waals surface area (Å²) in [4.78, 5) is 6.45. The molecule has 1 N–H and O–H groups in total. The molecule has 0 saturated carbocycles. The predicted octanol–water partition coefficient (Wildman–Crippen LogP) is 4.03. The Balaban J connectivity index is 2.16. The van der Waals surface area contributed by atoms with E-state index in [1.165, 1.54) is 42.8 Å². The lowest BCUT2D eigenvalue weighted by Crippen LogP contribution is -2.25. The minimum atomic E-state index is 0.521. The molecule has 1 aromatic heterocycles. The highest BCUT2D eigenvalue weighted by molar-refractivity contribution is 7.11. The van der Waals surface area contributed by atoms with Gasteiger partial charge in [-0.3, -0.25) is 0 Å². The van der Waals surface area contributed by atoms with E-state index in [1.54, 1.807) is 4.88 Å². The maximum atomic E-state index is 4.91. The normalized spacial score (nSPS) is 21.2. The van der Waals surface area contributed by atoms with Gasteiger partial charge in [0.15, 0.2) is 0 Å². The topological polar surface area (TPSA) is 24.9 Å². The molecule has 0 aliphatic heterocycles. The Kier molecular flexibility index (Phi) is 4.57. The van der Waals surface area contributed by atoms with E-state index in [9.17, 15) is 0 Å². The van der Waals surface area contributed by atoms with Gasteiger partial charge in [0.1, 0.15) is 0 Å². The fourth-order valence-electron chi connectivity index (χ4n) is 2.34. The molecule has 17 heavy (non-hydrogen) atoms. The minimum absolute atomic E-state index is 0.521. The van der Waals surface area contributed by atoms with Crippen molar-refractivity contribution in [2.24, 2.45) is 0 Å². The highest BCUT2D eigenvalue weighted by atomic mass is 32.1. The van der Waals surface area contributed by atoms with Gasteiger partial charge in [-0.05, 0) is 38.6 Å². The van der Waals surface area contributed by atoms with Crippen LogP contribution in [0.1, 0.15) is 74.0 Å². The van der Waals surface area contributed by atoms with Crippen LogP contribution < -0.4 is 5.32 Å². The van der Waals surface area contributed by atoms with Crippen molar-refractivity contribution in [3.05, 3.63) is 15.6 Å². The minimum Gasteiger partial charge on any atom is -0.309 e. The number of fused-ring (bicyclic) bond motifs is 1. The van der Waals surface area contributed by atoms with Crippen molar-refractivity contribution >= 4 is 11.3 Å². The second-order valence-corrected chi connectivity index (χ2v) is 6.18. The molecular formula is C14H24N2S. The maximum absolute atomic E-state index is 4.91. The Morgan fingerprint density at radius 2 is 2.29 bits per heavy atom. The third kappa shape index (κ3) is 2.89. The van der Waals surface area contributed by atoms with Crippen molar-refractivity contribution in [2.45, 2.75) is 64.8 Å². The number of nitrogens with one attached hydrogen (secondary N) is 1. The third-order valence-electron chi connectivity index (χ3n) is 3.65. The molecule has 1 aliphatic carbocycles. The van der Waals surface area contributed by atoms with Gasteiger partial charge in [-0.25, -0.2) is 4.98 Å². The van der Waals surface area contributed by atoms with Crippen molar-refractivity contribution in [2.75, 3.05) is 6.54 Å². The lowest BCUT2D eigenvalue weighted by atomic mass is 9.97. The highest BCUT2D eigenvalue weighted by Crippen LogP contribution is 2.36. The molecule has 2 unspecified atom stereocenters. The Morgan fingerprint density at radius 3 is 3.00 bits per heavy atom. The van der Waals surface area contributed by atoms with Crippen LogP contribution in [0.5, 0.6) is 0 Å². The van der Waals surface area contributed by atoms with Gasteiger partial charge in [-0.1, -0.05) is 20.8 Å². The second-order valence-electron chi connectivity index (χ2n) is 5.07. The Bertz CT molecular complexity index is 359. The molecule has 0 radical (unpaired) electrons. The molecule has 3 heteroatoms. The van der Waals surface area contributed by atoms with Crippen LogP contribution in [0.3, 0.4) is 0 Å². The summed E-state index contributed by atoms with van der Waals surface area (Å²) < 4.78 is 0. The lowest BCUT2D eigenvalue weighted by molar-refractivity contribution is 0.453. The Morgan fingerprint density at radius 1 is 1.47 bits per heavy atom. The number of hydrogen-bond donors (Lipinski definition) is 1. The van der Waals surface area contributed by atoms with Crippen LogP contribution in [0.25, 0.3) is 0 Å². The smallest absolute Gasteiger partial charge is 0.0959 e. The van der Waals surface area contributed by atoms with Gasteiger partial charge in [0.05, 0.1) is 16.7 Å². The summed E-state index contributed by atoms with van der Waals surface area (Å²) in [6, 6.07) is 0.521. The van der Waals surface area contributed by atoms with E-state index < -0.39 is 0 Å². The molecule has 2 nitrogen and oxygen atoms in total. The zero-order chi connectivity index (χ0) is 12.3. The third-order valence-corrected chi connectivity index (χ3v) is 5.01. The van der Waals surface area contributed by atoms with Gasteiger partial charge in [-0.2, -0.15) is 0 Å². The van der Waals surface area contributed by atoms with Crippen molar-refractivity contribution in [3.8, 4) is 0 Å². The van der Waals surface area contributed by atoms with Crippen LogP contribution in [0.2, 0.25) is 0 Å². The van der Waals surface area contributed by atoms with E-state index in [0.717, 1.165) is 6.54 Å². The molecule has 0 aromatic carbocycles. The number of thiazole rings is 1. The van der Waals surface area contributed by atoms with Crippen LogP contribution in [0.4, 0.5) is 0 Å². The molecule has 1 aliphatic rings. The van der Waals surface area contributed by atoms with Gasteiger partial charge >= 0.3 is 0 Å². The molecule has 0 saturated heterocycles. The fraction of sp³-hybridized carbons (Fsp3) is 0.786. The van der Waals surface area contributed by atoms with Crippen molar-refractivity contribution < 1.29 is 0 Å². The van der Waals surface area contributed by atoms with Gasteiger partial charge in [0, 0.05) is 10.8 Å². The summed E-state index contributed by atoms with van der Waals surface area (Å²) >= 11 is 1.95. The number of nitrogens with zero attached hydrogens (tertiary/aromatic N) is 1. The van der Waals surface area contributed by atoms with E-state index in [-0.39, 0.29) is 0 Å². The summed E-state index contributed by atoms with van der Waals surface area (Å²) in [5, 5.41) is 4.99. The monoisotopic (exact) mass is 252 g/mol. The van der Waals surface area contributed by atoms with Gasteiger partial charge in [0.25, 0.3) is 0 Å². The highest BCUT2D eigenvalue weighted by Gasteiger charge is 2.25. The number of hydrogen-bond acceptors (Lipinski definition) is 3. The molecule has 2 rings (SSSR count). The second kappa shape index (κ2) is 5.96. The average molecular weight is 252 g/mol. The van der Waals surface area contributed by atoms with Crippen LogP contribution >= 0.6 is 11.3 Å². The largest absolute Gasteiger partial charge is 0.309 e. The van der Waals surface area contributed by atoms with E-state index in [4.69, 9.17) is 4.98 Å². The lowest BCUT2D eigenvalue weighted by Gasteiger charge is -2.22. The first-order valence-corrected chi connectivity index (χ1v) is 7.80. The quantitative estimate of drug-likeness (QED) is 0.855. The predicted molar refractivity (Wildman–Crippen MR) is 74.8 cm³/mol. The van der Waals surface area contributed by atoms with Crippen LogP contribution in [0, 0.1) is 0 Å². The summed E-state index contributed by atoms with van der Waals surface area (Å²) in [6.07, 6.45) is 6.22. The van der Waals surface area contributed by atoms with E-state index in [0.29, 0.717) is 12.0 Å². The zero-order valence-electron chi connectivity index (χ0n) is 11.3. The number of aromatic nitrogens is 1. The first kappa shape index (κ1) is 13.0. The number of rotatable bonds is 5. The molecule has 0 bridgehead atoms. The zero-order valence-corrected chi connectivity index (χ0v) is 12.1.